The monoisotopic (exact) mass is 208 g/mol. The molecule has 0 aromatic carbocycles. The van der Waals surface area contributed by atoms with Crippen LogP contribution < -0.4 is 0 Å². The van der Waals surface area contributed by atoms with Crippen molar-refractivity contribution in [2.24, 2.45) is 0 Å². The maximum Gasteiger partial charge on any atom is 0.108 e. The molecular formula is C12H20N2O. The van der Waals surface area contributed by atoms with E-state index in [-0.39, 0.29) is 0 Å². The summed E-state index contributed by atoms with van der Waals surface area (Å²) < 4.78 is 2.12. The molecular weight excluding hydrogens is 188 g/mol. The third-order valence-corrected chi connectivity index (χ3v) is 3.27. The second-order valence-electron chi connectivity index (χ2n) is 4.65. The van der Waals surface area contributed by atoms with E-state index in [0.717, 1.165) is 50.9 Å². The van der Waals surface area contributed by atoms with Crippen LogP contribution in [0.1, 0.15) is 44.9 Å². The minimum atomic E-state index is -0.469. The summed E-state index contributed by atoms with van der Waals surface area (Å²) in [7, 11) is 0. The second-order valence-corrected chi connectivity index (χ2v) is 4.65. The van der Waals surface area contributed by atoms with Gasteiger partial charge >= 0.3 is 0 Å². The van der Waals surface area contributed by atoms with Gasteiger partial charge in [-0.25, -0.2) is 4.98 Å². The van der Waals surface area contributed by atoms with Gasteiger partial charge in [0.15, 0.2) is 0 Å². The normalized spacial score (nSPS) is 19.6. The lowest BCUT2D eigenvalue weighted by atomic mass is 10.0. The maximum atomic E-state index is 10.3. The molecule has 1 saturated carbocycles. The van der Waals surface area contributed by atoms with Crippen LogP contribution in [0.15, 0.2) is 12.4 Å². The predicted molar refractivity (Wildman–Crippen MR) is 59.6 cm³/mol. The zero-order valence-electron chi connectivity index (χ0n) is 9.45. The van der Waals surface area contributed by atoms with Crippen LogP contribution in [-0.2, 0) is 13.0 Å². The number of hydrogen-bond acceptors (Lipinski definition) is 2. The number of rotatable bonds is 4. The Kier molecular flexibility index (Phi) is 3.10. The standard InChI is InChI=1S/C12H20N2O/c1-2-5-11-13-8-9-14(11)10-12(15)6-3-4-7-12/h8-9,15H,2-7,10H2,1H3. The fourth-order valence-electron chi connectivity index (χ4n) is 2.44. The molecule has 0 bridgehead atoms. The van der Waals surface area contributed by atoms with Gasteiger partial charge in [-0.15, -0.1) is 0 Å². The minimum absolute atomic E-state index is 0.469. The first-order valence-electron chi connectivity index (χ1n) is 5.96. The molecule has 0 amide bonds. The van der Waals surface area contributed by atoms with E-state index in [9.17, 15) is 5.11 Å². The van der Waals surface area contributed by atoms with E-state index in [0.29, 0.717) is 0 Å². The molecule has 1 aliphatic rings. The molecule has 1 N–H and O–H groups in total. The van der Waals surface area contributed by atoms with Crippen molar-refractivity contribution < 1.29 is 5.11 Å². The molecule has 3 nitrogen and oxygen atoms in total. The molecule has 0 unspecified atom stereocenters. The van der Waals surface area contributed by atoms with Gasteiger partial charge in [0.2, 0.25) is 0 Å². The highest BCUT2D eigenvalue weighted by Crippen LogP contribution is 2.31. The van der Waals surface area contributed by atoms with E-state index < -0.39 is 5.60 Å². The fourth-order valence-corrected chi connectivity index (χ4v) is 2.44. The van der Waals surface area contributed by atoms with Crippen molar-refractivity contribution in [2.75, 3.05) is 0 Å². The Bertz CT molecular complexity index is 313. The quantitative estimate of drug-likeness (QED) is 0.823. The minimum Gasteiger partial charge on any atom is -0.388 e. The van der Waals surface area contributed by atoms with Crippen LogP contribution in [0.3, 0.4) is 0 Å². The molecule has 1 aromatic rings. The van der Waals surface area contributed by atoms with Crippen molar-refractivity contribution >= 4 is 0 Å². The molecule has 1 aliphatic carbocycles. The largest absolute Gasteiger partial charge is 0.388 e. The molecule has 0 atom stereocenters. The Balaban J connectivity index is 2.06. The average Bonchev–Trinajstić information content (AvgIpc) is 2.78. The Morgan fingerprint density at radius 2 is 2.20 bits per heavy atom. The van der Waals surface area contributed by atoms with Crippen molar-refractivity contribution in [3.63, 3.8) is 0 Å². The molecule has 1 fully saturated rings. The molecule has 1 aromatic heterocycles. The predicted octanol–water partition coefficient (Wildman–Crippen LogP) is 2.14. The van der Waals surface area contributed by atoms with Crippen LogP contribution in [0, 0.1) is 0 Å². The number of nitrogens with zero attached hydrogens (tertiary/aromatic N) is 2. The van der Waals surface area contributed by atoms with Crippen LogP contribution in [0.2, 0.25) is 0 Å². The van der Waals surface area contributed by atoms with E-state index in [2.05, 4.69) is 16.5 Å². The SMILES string of the molecule is CCCc1nccn1CC1(O)CCCC1. The van der Waals surface area contributed by atoms with Crippen molar-refractivity contribution in [3.05, 3.63) is 18.2 Å². The first kappa shape index (κ1) is 10.7. The number of hydrogen-bond donors (Lipinski definition) is 1. The van der Waals surface area contributed by atoms with Crippen molar-refractivity contribution in [1.29, 1.82) is 0 Å². The molecule has 0 saturated heterocycles. The van der Waals surface area contributed by atoms with E-state index in [1.165, 1.54) is 0 Å². The van der Waals surface area contributed by atoms with Gasteiger partial charge in [-0.1, -0.05) is 19.8 Å². The second kappa shape index (κ2) is 4.35. The fraction of sp³-hybridized carbons (Fsp3) is 0.750. The van der Waals surface area contributed by atoms with Gasteiger partial charge in [-0.2, -0.15) is 0 Å². The molecule has 0 radical (unpaired) electrons. The summed E-state index contributed by atoms with van der Waals surface area (Å²) in [5.74, 6) is 1.11. The molecule has 1 heterocycles. The van der Waals surface area contributed by atoms with Crippen molar-refractivity contribution in [3.8, 4) is 0 Å². The Hall–Kier alpha value is -0.830. The molecule has 84 valence electrons. The highest BCUT2D eigenvalue weighted by molar-refractivity contribution is 4.96. The number of aliphatic hydroxyl groups is 1. The summed E-state index contributed by atoms with van der Waals surface area (Å²) in [6, 6.07) is 0. The van der Waals surface area contributed by atoms with E-state index >= 15 is 0 Å². The summed E-state index contributed by atoms with van der Waals surface area (Å²) in [5, 5.41) is 10.3. The first-order chi connectivity index (χ1) is 7.23. The Labute approximate surface area is 91.1 Å². The van der Waals surface area contributed by atoms with Crippen molar-refractivity contribution in [1.82, 2.24) is 9.55 Å². The zero-order valence-corrected chi connectivity index (χ0v) is 9.45. The zero-order chi connectivity index (χ0) is 10.7. The number of imidazole rings is 1. The smallest absolute Gasteiger partial charge is 0.108 e. The number of aryl methyl sites for hydroxylation is 1. The summed E-state index contributed by atoms with van der Waals surface area (Å²) in [6.07, 6.45) is 10.1. The van der Waals surface area contributed by atoms with Gasteiger partial charge < -0.3 is 9.67 Å². The van der Waals surface area contributed by atoms with E-state index in [1.54, 1.807) is 0 Å². The molecule has 2 rings (SSSR count). The van der Waals surface area contributed by atoms with Gasteiger partial charge in [0, 0.05) is 18.8 Å². The maximum absolute atomic E-state index is 10.3. The van der Waals surface area contributed by atoms with Gasteiger partial charge in [-0.3, -0.25) is 0 Å². The van der Waals surface area contributed by atoms with Crippen LogP contribution in [-0.4, -0.2) is 20.3 Å². The summed E-state index contributed by atoms with van der Waals surface area (Å²) in [5.41, 5.74) is -0.469. The average molecular weight is 208 g/mol. The summed E-state index contributed by atoms with van der Waals surface area (Å²) >= 11 is 0. The van der Waals surface area contributed by atoms with E-state index in [4.69, 9.17) is 0 Å². The van der Waals surface area contributed by atoms with Gasteiger partial charge in [-0.05, 0) is 19.3 Å². The molecule has 0 spiro atoms. The van der Waals surface area contributed by atoms with E-state index in [1.807, 2.05) is 12.4 Å². The highest BCUT2D eigenvalue weighted by Gasteiger charge is 2.31. The lowest BCUT2D eigenvalue weighted by Crippen LogP contribution is -2.31. The molecule has 15 heavy (non-hydrogen) atoms. The first-order valence-corrected chi connectivity index (χ1v) is 5.96. The van der Waals surface area contributed by atoms with Crippen LogP contribution in [0.4, 0.5) is 0 Å². The van der Waals surface area contributed by atoms with Gasteiger partial charge in [0.25, 0.3) is 0 Å². The third kappa shape index (κ3) is 2.40. The third-order valence-electron chi connectivity index (χ3n) is 3.27. The Morgan fingerprint density at radius 3 is 2.87 bits per heavy atom. The van der Waals surface area contributed by atoms with Crippen molar-refractivity contribution in [2.45, 2.75) is 57.6 Å². The van der Waals surface area contributed by atoms with Crippen LogP contribution >= 0.6 is 0 Å². The summed E-state index contributed by atoms with van der Waals surface area (Å²) in [4.78, 5) is 4.33. The molecule has 0 aliphatic heterocycles. The lowest BCUT2D eigenvalue weighted by molar-refractivity contribution is 0.0291. The number of aromatic nitrogens is 2. The van der Waals surface area contributed by atoms with Gasteiger partial charge in [0.1, 0.15) is 5.82 Å². The van der Waals surface area contributed by atoms with Crippen LogP contribution in [0.5, 0.6) is 0 Å². The highest BCUT2D eigenvalue weighted by atomic mass is 16.3. The lowest BCUT2D eigenvalue weighted by Gasteiger charge is -2.23. The Morgan fingerprint density at radius 1 is 1.47 bits per heavy atom. The van der Waals surface area contributed by atoms with Gasteiger partial charge in [0.05, 0.1) is 12.1 Å². The summed E-state index contributed by atoms with van der Waals surface area (Å²) in [6.45, 7) is 2.88. The molecule has 3 heteroatoms. The topological polar surface area (TPSA) is 38.0 Å². The van der Waals surface area contributed by atoms with Crippen LogP contribution in [0.25, 0.3) is 0 Å².